The molecule has 0 radical (unpaired) electrons. The minimum absolute atomic E-state index is 0.291. The second kappa shape index (κ2) is 13.9. The molecular weight excluding hydrogens is 553 g/mol. The number of hydrogen-bond acceptors (Lipinski definition) is 5. The van der Waals surface area contributed by atoms with Crippen LogP contribution >= 0.6 is 0 Å². The van der Waals surface area contributed by atoms with Crippen molar-refractivity contribution in [2.24, 2.45) is 0 Å². The van der Waals surface area contributed by atoms with Crippen molar-refractivity contribution in [1.29, 1.82) is 0 Å². The summed E-state index contributed by atoms with van der Waals surface area (Å²) in [5.41, 5.74) is 3.88. The second-order valence-corrected chi connectivity index (χ2v) is 11.3. The zero-order valence-electron chi connectivity index (χ0n) is 25.0. The summed E-state index contributed by atoms with van der Waals surface area (Å²) < 4.78 is 32.2. The van der Waals surface area contributed by atoms with Crippen LogP contribution in [0.1, 0.15) is 42.1 Å². The maximum Gasteiger partial charge on any atom is 0.130 e. The molecule has 1 heterocycles. The smallest absolute Gasteiger partial charge is 0.130 e. The van der Waals surface area contributed by atoms with E-state index >= 15 is 0 Å². The van der Waals surface area contributed by atoms with Crippen LogP contribution in [0.2, 0.25) is 0 Å². The largest absolute Gasteiger partial charge is 0.497 e. The lowest BCUT2D eigenvalue weighted by molar-refractivity contribution is 0.183. The molecule has 1 N–H and O–H groups in total. The Hall–Kier alpha value is -4.39. The van der Waals surface area contributed by atoms with E-state index < -0.39 is 6.10 Å². The predicted octanol–water partition coefficient (Wildman–Crippen LogP) is 8.18. The molecule has 1 aliphatic heterocycles. The van der Waals surface area contributed by atoms with Crippen LogP contribution in [0, 0.1) is 5.82 Å². The van der Waals surface area contributed by atoms with E-state index in [4.69, 9.17) is 14.2 Å². The van der Waals surface area contributed by atoms with Gasteiger partial charge in [0.1, 0.15) is 42.4 Å². The van der Waals surface area contributed by atoms with E-state index in [9.17, 15) is 9.50 Å². The molecule has 0 aliphatic carbocycles. The highest BCUT2D eigenvalue weighted by molar-refractivity contribution is 5.94. The van der Waals surface area contributed by atoms with Crippen molar-refractivity contribution in [1.82, 2.24) is 4.90 Å². The summed E-state index contributed by atoms with van der Waals surface area (Å²) in [5.74, 6) is 1.52. The van der Waals surface area contributed by atoms with Crippen molar-refractivity contribution in [3.63, 3.8) is 0 Å². The number of rotatable bonds is 11. The molecule has 1 aliphatic rings. The molecule has 5 aromatic carbocycles. The Morgan fingerprint density at radius 1 is 0.773 bits per heavy atom. The van der Waals surface area contributed by atoms with Crippen LogP contribution in [0.15, 0.2) is 103 Å². The van der Waals surface area contributed by atoms with E-state index in [1.54, 1.807) is 13.2 Å². The monoisotopic (exact) mass is 591 g/mol. The van der Waals surface area contributed by atoms with Gasteiger partial charge >= 0.3 is 0 Å². The van der Waals surface area contributed by atoms with Crippen molar-refractivity contribution in [2.45, 2.75) is 32.0 Å². The lowest BCUT2D eigenvalue weighted by Crippen LogP contribution is -2.33. The van der Waals surface area contributed by atoms with Crippen molar-refractivity contribution < 1.29 is 23.7 Å². The van der Waals surface area contributed by atoms with Crippen LogP contribution < -0.4 is 14.2 Å². The van der Waals surface area contributed by atoms with Gasteiger partial charge < -0.3 is 19.3 Å². The SMILES string of the molecule is COc1ccc2c(C(O)c3ccc(OCCN4CCCCC4)cc3)c(-c3ccc(F)cc3OCc3ccccc3)ccc2c1. The number of aliphatic hydroxyl groups is 1. The van der Waals surface area contributed by atoms with Crippen molar-refractivity contribution >= 4 is 10.8 Å². The van der Waals surface area contributed by atoms with Crippen molar-refractivity contribution in [2.75, 3.05) is 33.4 Å². The van der Waals surface area contributed by atoms with Gasteiger partial charge in [-0.05, 0) is 89.8 Å². The molecule has 5 aromatic rings. The van der Waals surface area contributed by atoms with Crippen molar-refractivity contribution in [3.8, 4) is 28.4 Å². The van der Waals surface area contributed by atoms with Crippen LogP contribution in [0.25, 0.3) is 21.9 Å². The molecule has 0 spiro atoms. The Balaban J connectivity index is 1.32. The summed E-state index contributed by atoms with van der Waals surface area (Å²) >= 11 is 0. The minimum atomic E-state index is -0.962. The molecule has 6 rings (SSSR count). The number of fused-ring (bicyclic) bond motifs is 1. The van der Waals surface area contributed by atoms with Gasteiger partial charge in [-0.1, -0.05) is 67.1 Å². The zero-order chi connectivity index (χ0) is 30.3. The number of aliphatic hydroxyl groups excluding tert-OH is 1. The molecule has 0 bridgehead atoms. The quantitative estimate of drug-likeness (QED) is 0.168. The van der Waals surface area contributed by atoms with Crippen LogP contribution in [-0.4, -0.2) is 43.4 Å². The average molecular weight is 592 g/mol. The number of ether oxygens (including phenoxy) is 3. The van der Waals surface area contributed by atoms with Crippen LogP contribution in [-0.2, 0) is 6.61 Å². The number of benzene rings is 5. The Bertz CT molecular complexity index is 1680. The third kappa shape index (κ3) is 6.88. The molecule has 226 valence electrons. The molecule has 6 heteroatoms. The molecule has 44 heavy (non-hydrogen) atoms. The number of likely N-dealkylation sites (tertiary alicyclic amines) is 1. The second-order valence-electron chi connectivity index (χ2n) is 11.3. The van der Waals surface area contributed by atoms with Crippen LogP contribution in [0.4, 0.5) is 4.39 Å². The van der Waals surface area contributed by atoms with Crippen LogP contribution in [0.5, 0.6) is 17.2 Å². The first-order valence-electron chi connectivity index (χ1n) is 15.3. The number of piperidine rings is 1. The highest BCUT2D eigenvalue weighted by Gasteiger charge is 2.22. The highest BCUT2D eigenvalue weighted by atomic mass is 19.1. The fraction of sp³-hybridized carbons (Fsp3) is 0.263. The van der Waals surface area contributed by atoms with E-state index in [-0.39, 0.29) is 5.82 Å². The third-order valence-corrected chi connectivity index (χ3v) is 8.33. The molecule has 0 aromatic heterocycles. The molecule has 5 nitrogen and oxygen atoms in total. The number of halogens is 1. The lowest BCUT2D eigenvalue weighted by atomic mass is 9.88. The topological polar surface area (TPSA) is 51.2 Å². The Kier molecular flexibility index (Phi) is 9.40. The Morgan fingerprint density at radius 2 is 1.52 bits per heavy atom. The van der Waals surface area contributed by atoms with Gasteiger partial charge in [0, 0.05) is 23.7 Å². The normalized spacial score (nSPS) is 14.3. The molecule has 1 saturated heterocycles. The van der Waals surface area contributed by atoms with Gasteiger partial charge in [-0.3, -0.25) is 4.90 Å². The summed E-state index contributed by atoms with van der Waals surface area (Å²) in [6, 6.07) is 31.7. The number of hydrogen-bond donors (Lipinski definition) is 1. The summed E-state index contributed by atoms with van der Waals surface area (Å²) in [6.07, 6.45) is 2.87. The number of methoxy groups -OCH3 is 1. The first-order chi connectivity index (χ1) is 21.6. The lowest BCUT2D eigenvalue weighted by Gasteiger charge is -2.26. The first-order valence-corrected chi connectivity index (χ1v) is 15.3. The summed E-state index contributed by atoms with van der Waals surface area (Å²) in [6.45, 7) is 4.12. The van der Waals surface area contributed by atoms with E-state index in [2.05, 4.69) is 4.90 Å². The van der Waals surface area contributed by atoms with E-state index in [1.165, 1.54) is 31.4 Å². The predicted molar refractivity (Wildman–Crippen MR) is 173 cm³/mol. The Labute approximate surface area is 258 Å². The van der Waals surface area contributed by atoms with Crippen LogP contribution in [0.3, 0.4) is 0 Å². The molecular formula is C38H38FNO4. The van der Waals surface area contributed by atoms with E-state index in [0.29, 0.717) is 30.1 Å². The third-order valence-electron chi connectivity index (χ3n) is 8.33. The first kappa shape index (κ1) is 29.7. The summed E-state index contributed by atoms with van der Waals surface area (Å²) in [7, 11) is 1.64. The van der Waals surface area contributed by atoms with Gasteiger partial charge in [0.15, 0.2) is 0 Å². The maximum atomic E-state index is 14.5. The fourth-order valence-electron chi connectivity index (χ4n) is 5.95. The average Bonchev–Trinajstić information content (AvgIpc) is 3.07. The standard InChI is InChI=1S/C38H38FNO4/c1-42-32-16-19-33-29(24-32)12-17-35(34-18-13-30(39)25-36(34)44-26-27-8-4-2-5-9-27)37(33)38(41)28-10-14-31(15-11-28)43-23-22-40-20-6-3-7-21-40/h2,4-5,8-19,24-25,38,41H,3,6-7,20-23,26H2,1H3. The van der Waals surface area contributed by atoms with E-state index in [0.717, 1.165) is 58.6 Å². The molecule has 0 amide bonds. The van der Waals surface area contributed by atoms with Gasteiger partial charge in [-0.25, -0.2) is 4.39 Å². The van der Waals surface area contributed by atoms with Gasteiger partial charge in [0.25, 0.3) is 0 Å². The van der Waals surface area contributed by atoms with Crippen molar-refractivity contribution in [3.05, 3.63) is 126 Å². The minimum Gasteiger partial charge on any atom is -0.497 e. The summed E-state index contributed by atoms with van der Waals surface area (Å²) in [5, 5.41) is 13.8. The van der Waals surface area contributed by atoms with Gasteiger partial charge in [-0.15, -0.1) is 0 Å². The molecule has 1 unspecified atom stereocenters. The molecule has 1 atom stereocenters. The van der Waals surface area contributed by atoms with Gasteiger partial charge in [0.05, 0.1) is 7.11 Å². The molecule has 1 fully saturated rings. The maximum absolute atomic E-state index is 14.5. The fourth-order valence-corrected chi connectivity index (χ4v) is 5.95. The zero-order valence-corrected chi connectivity index (χ0v) is 25.0. The highest BCUT2D eigenvalue weighted by Crippen LogP contribution is 2.42. The summed E-state index contributed by atoms with van der Waals surface area (Å²) in [4.78, 5) is 2.45. The number of nitrogens with zero attached hydrogens (tertiary/aromatic N) is 1. The van der Waals surface area contributed by atoms with Gasteiger partial charge in [-0.2, -0.15) is 0 Å². The van der Waals surface area contributed by atoms with Gasteiger partial charge in [0.2, 0.25) is 0 Å². The Morgan fingerprint density at radius 3 is 2.30 bits per heavy atom. The molecule has 0 saturated carbocycles. The van der Waals surface area contributed by atoms with E-state index in [1.807, 2.05) is 84.9 Å².